The van der Waals surface area contributed by atoms with Crippen LogP contribution in [0.25, 0.3) is 0 Å². The molecule has 1 aromatic carbocycles. The Morgan fingerprint density at radius 2 is 2.19 bits per heavy atom. The normalized spacial score (nSPS) is 19.2. The van der Waals surface area contributed by atoms with Gasteiger partial charge < -0.3 is 4.74 Å². The Balaban J connectivity index is 2.40. The average Bonchev–Trinajstić information content (AvgIpc) is 2.23. The molecule has 0 N–H and O–H groups in total. The van der Waals surface area contributed by atoms with Gasteiger partial charge >= 0.3 is 0 Å². The van der Waals surface area contributed by atoms with Gasteiger partial charge in [-0.2, -0.15) is 11.8 Å². The molecule has 2 rings (SSSR count). The number of ketones is 1. The van der Waals surface area contributed by atoms with Gasteiger partial charge in [0.25, 0.3) is 0 Å². The van der Waals surface area contributed by atoms with E-state index >= 15 is 0 Å². The number of hydrogen-bond acceptors (Lipinski definition) is 3. The molecule has 1 aliphatic heterocycles. The van der Waals surface area contributed by atoms with Crippen molar-refractivity contribution in [3.8, 4) is 5.75 Å². The van der Waals surface area contributed by atoms with Crippen LogP contribution in [0.4, 0.5) is 0 Å². The van der Waals surface area contributed by atoms with E-state index in [1.807, 2.05) is 26.2 Å². The fourth-order valence-corrected chi connectivity index (χ4v) is 2.78. The molecule has 0 fully saturated rings. The topological polar surface area (TPSA) is 26.3 Å². The van der Waals surface area contributed by atoms with Gasteiger partial charge in [0.1, 0.15) is 5.75 Å². The number of Topliss-reactive ketones (excluding diaryl/α,β-unsaturated/α-hetero) is 1. The number of rotatable bonds is 2. The van der Waals surface area contributed by atoms with Crippen molar-refractivity contribution >= 4 is 17.5 Å². The van der Waals surface area contributed by atoms with E-state index in [1.165, 1.54) is 0 Å². The highest BCUT2D eigenvalue weighted by Crippen LogP contribution is 2.32. The molecule has 1 aliphatic rings. The molecule has 0 aromatic heterocycles. The van der Waals surface area contributed by atoms with Crippen LogP contribution < -0.4 is 4.74 Å². The molecular formula is C13H16O2S. The van der Waals surface area contributed by atoms with Gasteiger partial charge in [-0.1, -0.05) is 6.07 Å². The van der Waals surface area contributed by atoms with E-state index in [0.29, 0.717) is 6.61 Å². The zero-order valence-electron chi connectivity index (χ0n) is 9.87. The number of ether oxygens (including phenoxy) is 1. The molecule has 0 spiro atoms. The summed E-state index contributed by atoms with van der Waals surface area (Å²) in [5.41, 5.74) is 2.95. The molecule has 0 amide bonds. The Morgan fingerprint density at radius 1 is 1.44 bits per heavy atom. The standard InChI is InChI=1S/C13H16O2S/c1-8-4-9(2)13-11(5-8)12(14)10(6-15-13)7-16-3/h4-5,10H,6-7H2,1-3H3. The van der Waals surface area contributed by atoms with Crippen LogP contribution in [-0.2, 0) is 0 Å². The van der Waals surface area contributed by atoms with Crippen molar-refractivity contribution in [2.75, 3.05) is 18.6 Å². The fraction of sp³-hybridized carbons (Fsp3) is 0.462. The Kier molecular flexibility index (Phi) is 3.24. The lowest BCUT2D eigenvalue weighted by Gasteiger charge is -2.25. The highest BCUT2D eigenvalue weighted by atomic mass is 32.2. The van der Waals surface area contributed by atoms with Crippen molar-refractivity contribution in [1.29, 1.82) is 0 Å². The number of hydrogen-bond donors (Lipinski definition) is 0. The van der Waals surface area contributed by atoms with Crippen LogP contribution in [0.15, 0.2) is 12.1 Å². The highest BCUT2D eigenvalue weighted by Gasteiger charge is 2.29. The largest absolute Gasteiger partial charge is 0.492 e. The molecule has 0 saturated carbocycles. The molecule has 1 atom stereocenters. The summed E-state index contributed by atoms with van der Waals surface area (Å²) in [4.78, 5) is 12.2. The number of fused-ring (bicyclic) bond motifs is 1. The van der Waals surface area contributed by atoms with Crippen LogP contribution >= 0.6 is 11.8 Å². The molecule has 1 unspecified atom stereocenters. The lowest BCUT2D eigenvalue weighted by atomic mass is 9.93. The number of thioether (sulfide) groups is 1. The Hall–Kier alpha value is -0.960. The summed E-state index contributed by atoms with van der Waals surface area (Å²) in [6.07, 6.45) is 2.02. The SMILES string of the molecule is CSCC1COc2c(C)cc(C)cc2C1=O. The first kappa shape index (κ1) is 11.5. The van der Waals surface area contributed by atoms with Crippen molar-refractivity contribution in [1.82, 2.24) is 0 Å². The van der Waals surface area contributed by atoms with E-state index in [-0.39, 0.29) is 11.7 Å². The third-order valence-corrected chi connectivity index (χ3v) is 3.59. The first-order valence-electron chi connectivity index (χ1n) is 5.40. The van der Waals surface area contributed by atoms with E-state index in [4.69, 9.17) is 4.74 Å². The van der Waals surface area contributed by atoms with Crippen molar-refractivity contribution in [2.45, 2.75) is 13.8 Å². The maximum absolute atomic E-state index is 12.2. The smallest absolute Gasteiger partial charge is 0.173 e. The second-order valence-electron chi connectivity index (χ2n) is 4.29. The lowest BCUT2D eigenvalue weighted by molar-refractivity contribution is 0.0852. The number of aryl methyl sites for hydroxylation is 2. The summed E-state index contributed by atoms with van der Waals surface area (Å²) in [7, 11) is 0. The molecule has 0 bridgehead atoms. The quantitative estimate of drug-likeness (QED) is 0.790. The molecule has 0 aliphatic carbocycles. The van der Waals surface area contributed by atoms with E-state index in [0.717, 1.165) is 28.2 Å². The Morgan fingerprint density at radius 3 is 2.88 bits per heavy atom. The van der Waals surface area contributed by atoms with E-state index in [1.54, 1.807) is 11.8 Å². The Bertz CT molecular complexity index is 426. The van der Waals surface area contributed by atoms with Crippen LogP contribution in [0.2, 0.25) is 0 Å². The molecule has 0 saturated heterocycles. The predicted molar refractivity (Wildman–Crippen MR) is 67.6 cm³/mol. The van der Waals surface area contributed by atoms with Crippen molar-refractivity contribution in [2.24, 2.45) is 5.92 Å². The number of carbonyl (C=O) groups is 1. The van der Waals surface area contributed by atoms with E-state index in [9.17, 15) is 4.79 Å². The van der Waals surface area contributed by atoms with E-state index in [2.05, 4.69) is 6.07 Å². The third-order valence-electron chi connectivity index (χ3n) is 2.85. The lowest BCUT2D eigenvalue weighted by Crippen LogP contribution is -2.30. The summed E-state index contributed by atoms with van der Waals surface area (Å²) in [5.74, 6) is 1.88. The molecule has 0 radical (unpaired) electrons. The second-order valence-corrected chi connectivity index (χ2v) is 5.20. The van der Waals surface area contributed by atoms with Gasteiger partial charge in [-0.3, -0.25) is 4.79 Å². The van der Waals surface area contributed by atoms with E-state index < -0.39 is 0 Å². The summed E-state index contributed by atoms with van der Waals surface area (Å²) < 4.78 is 5.71. The van der Waals surface area contributed by atoms with Crippen LogP contribution in [0.3, 0.4) is 0 Å². The minimum absolute atomic E-state index is 0.0173. The molecule has 2 nitrogen and oxygen atoms in total. The molecule has 3 heteroatoms. The minimum atomic E-state index is 0.0173. The molecule has 86 valence electrons. The van der Waals surface area contributed by atoms with Crippen LogP contribution in [0, 0.1) is 19.8 Å². The van der Waals surface area contributed by atoms with Gasteiger partial charge in [0, 0.05) is 5.75 Å². The average molecular weight is 236 g/mol. The zero-order chi connectivity index (χ0) is 11.7. The van der Waals surface area contributed by atoms with Crippen LogP contribution in [-0.4, -0.2) is 24.4 Å². The Labute approximate surface area is 100 Å². The fourth-order valence-electron chi connectivity index (χ4n) is 2.13. The van der Waals surface area contributed by atoms with Crippen molar-refractivity contribution < 1.29 is 9.53 Å². The summed E-state index contributed by atoms with van der Waals surface area (Å²) in [6.45, 7) is 4.53. The van der Waals surface area contributed by atoms with Gasteiger partial charge in [-0.25, -0.2) is 0 Å². The summed E-state index contributed by atoms with van der Waals surface area (Å²) >= 11 is 1.69. The third kappa shape index (κ3) is 1.96. The molecular weight excluding hydrogens is 220 g/mol. The summed E-state index contributed by atoms with van der Waals surface area (Å²) in [5, 5.41) is 0. The summed E-state index contributed by atoms with van der Waals surface area (Å²) in [6, 6.07) is 4.00. The number of benzene rings is 1. The minimum Gasteiger partial charge on any atom is -0.492 e. The van der Waals surface area contributed by atoms with Crippen molar-refractivity contribution in [3.05, 3.63) is 28.8 Å². The van der Waals surface area contributed by atoms with Gasteiger partial charge in [0.2, 0.25) is 0 Å². The maximum atomic E-state index is 12.2. The predicted octanol–water partition coefficient (Wildman–Crippen LogP) is 2.86. The van der Waals surface area contributed by atoms with Gasteiger partial charge in [-0.15, -0.1) is 0 Å². The van der Waals surface area contributed by atoms with Gasteiger partial charge in [0.15, 0.2) is 5.78 Å². The molecule has 16 heavy (non-hydrogen) atoms. The zero-order valence-corrected chi connectivity index (χ0v) is 10.7. The number of carbonyl (C=O) groups excluding carboxylic acids is 1. The molecule has 1 heterocycles. The first-order valence-corrected chi connectivity index (χ1v) is 6.80. The first-order chi connectivity index (χ1) is 7.63. The molecule has 1 aromatic rings. The second kappa shape index (κ2) is 4.50. The monoisotopic (exact) mass is 236 g/mol. The maximum Gasteiger partial charge on any atom is 0.173 e. The van der Waals surface area contributed by atoms with Gasteiger partial charge in [-0.05, 0) is 37.3 Å². The highest BCUT2D eigenvalue weighted by molar-refractivity contribution is 7.98. The van der Waals surface area contributed by atoms with Crippen molar-refractivity contribution in [3.63, 3.8) is 0 Å². The van der Waals surface area contributed by atoms with Crippen LogP contribution in [0.5, 0.6) is 5.75 Å². The van der Waals surface area contributed by atoms with Gasteiger partial charge in [0.05, 0.1) is 18.1 Å². The van der Waals surface area contributed by atoms with Crippen LogP contribution in [0.1, 0.15) is 21.5 Å².